The van der Waals surface area contributed by atoms with Crippen molar-refractivity contribution < 1.29 is 22.8 Å². The van der Waals surface area contributed by atoms with Gasteiger partial charge in [0.2, 0.25) is 28.5 Å². The van der Waals surface area contributed by atoms with Crippen molar-refractivity contribution in [3.8, 4) is 56.3 Å². The molecule has 5 heteroatoms. The molecule has 0 bridgehead atoms. The Hall–Kier alpha value is -8.15. The fourth-order valence-corrected chi connectivity index (χ4v) is 11.7. The molecule has 5 heterocycles. The molecule has 0 radical (unpaired) electrons. The molecule has 0 aliphatic carbocycles. The van der Waals surface area contributed by atoms with Crippen LogP contribution in [-0.2, 0) is 35.2 Å². The number of pyridine rings is 5. The summed E-state index contributed by atoms with van der Waals surface area (Å²) in [5.41, 5.74) is 39.9. The third kappa shape index (κ3) is 15.2. The summed E-state index contributed by atoms with van der Waals surface area (Å²) in [6.07, 6.45) is 0. The zero-order valence-electron chi connectivity index (χ0n) is 56.7. The summed E-state index contributed by atoms with van der Waals surface area (Å²) >= 11 is 0. The minimum atomic E-state index is 1.29. The summed E-state index contributed by atoms with van der Waals surface area (Å²) in [5.74, 6) is 0. The van der Waals surface area contributed by atoms with E-state index in [2.05, 4.69) is 348 Å². The van der Waals surface area contributed by atoms with Crippen LogP contribution in [0.2, 0.25) is 0 Å². The predicted molar refractivity (Wildman–Crippen MR) is 360 cm³/mol. The number of rotatable bonds is 5. The zero-order chi connectivity index (χ0) is 62.9. The molecule has 0 aliphatic rings. The summed E-state index contributed by atoms with van der Waals surface area (Å²) in [6.45, 7) is 43.5. The van der Waals surface area contributed by atoms with Crippen molar-refractivity contribution in [1.29, 1.82) is 0 Å². The van der Waals surface area contributed by atoms with E-state index in [1.165, 1.54) is 168 Å². The second kappa shape index (κ2) is 28.6. The Balaban J connectivity index is 0.000000170. The van der Waals surface area contributed by atoms with Crippen LogP contribution in [0.5, 0.6) is 0 Å². The number of aryl methyl sites for hydroxylation is 16. The molecule has 5 nitrogen and oxygen atoms in total. The van der Waals surface area contributed by atoms with Gasteiger partial charge < -0.3 is 0 Å². The minimum Gasteiger partial charge on any atom is -0.199 e. The lowest BCUT2D eigenvalue weighted by Gasteiger charge is -2.10. The third-order valence-corrected chi connectivity index (χ3v) is 17.9. The molecule has 0 saturated heterocycles. The Morgan fingerprint density at radius 2 is 0.553 bits per heavy atom. The van der Waals surface area contributed by atoms with E-state index in [0.717, 1.165) is 0 Å². The fraction of sp³-hybridized carbons (Fsp3) is 0.312. The normalized spacial score (nSPS) is 10.6. The van der Waals surface area contributed by atoms with Gasteiger partial charge >= 0.3 is 0 Å². The van der Waals surface area contributed by atoms with Crippen LogP contribution in [0.4, 0.5) is 0 Å². The lowest BCUT2D eigenvalue weighted by molar-refractivity contribution is -0.667. The molecular formula is C80H100N5+5. The first-order valence-corrected chi connectivity index (χ1v) is 30.2. The number of nitrogens with zero attached hydrogens (tertiary/aromatic N) is 5. The fourth-order valence-electron chi connectivity index (χ4n) is 11.7. The number of hydrogen-bond acceptors (Lipinski definition) is 0. The summed E-state index contributed by atoms with van der Waals surface area (Å²) < 4.78 is 11.4. The molecular weight excluding hydrogens is 1030 g/mol. The molecule has 10 aromatic rings. The lowest BCUT2D eigenvalue weighted by Crippen LogP contribution is -2.36. The Morgan fingerprint density at radius 3 is 0.941 bits per heavy atom. The molecule has 10 rings (SSSR count). The van der Waals surface area contributed by atoms with Gasteiger partial charge in [0.15, 0.2) is 28.5 Å². The van der Waals surface area contributed by atoms with Crippen LogP contribution < -0.4 is 22.8 Å². The molecule has 5 aromatic heterocycles. The maximum absolute atomic E-state index is 2.28. The summed E-state index contributed by atoms with van der Waals surface area (Å²) in [7, 11) is 10.7. The van der Waals surface area contributed by atoms with Crippen molar-refractivity contribution in [2.24, 2.45) is 35.2 Å². The van der Waals surface area contributed by atoms with Crippen LogP contribution in [0.3, 0.4) is 0 Å². The maximum atomic E-state index is 2.28. The van der Waals surface area contributed by atoms with E-state index in [9.17, 15) is 0 Å². The molecule has 0 N–H and O–H groups in total. The van der Waals surface area contributed by atoms with Gasteiger partial charge in [0.25, 0.3) is 0 Å². The maximum Gasteiger partial charge on any atom is 0.215 e. The van der Waals surface area contributed by atoms with Crippen LogP contribution in [0, 0.1) is 138 Å². The number of aromatic nitrogens is 5. The van der Waals surface area contributed by atoms with Gasteiger partial charge in [0.1, 0.15) is 35.2 Å². The van der Waals surface area contributed by atoms with Crippen LogP contribution in [-0.4, -0.2) is 0 Å². The Morgan fingerprint density at radius 1 is 0.224 bits per heavy atom. The molecule has 0 amide bonds. The van der Waals surface area contributed by atoms with Crippen LogP contribution in [0.1, 0.15) is 112 Å². The molecule has 0 atom stereocenters. The van der Waals surface area contributed by atoms with E-state index in [0.29, 0.717) is 0 Å². The van der Waals surface area contributed by atoms with Crippen molar-refractivity contribution in [3.05, 3.63) is 264 Å². The monoisotopic (exact) mass is 1130 g/mol. The van der Waals surface area contributed by atoms with Crippen LogP contribution >= 0.6 is 0 Å². The highest BCUT2D eigenvalue weighted by Crippen LogP contribution is 2.30. The standard InChI is InChI=1S/5C16H20N/c2*1-11-9-14(4)17(5)15(10-11)16-12(2)7-6-8-13(16)3;1-11-7-6-8-15(13(11)3)16-10-9-12(2)14(4)17(16)5;2*1-11-8-6-7-9-15(11)16-14(4)12(2)10-13(3)17(16)5/h5*6-10H,1-5H3/q5*+1. The van der Waals surface area contributed by atoms with Gasteiger partial charge in [0.05, 0.1) is 11.1 Å². The van der Waals surface area contributed by atoms with Crippen molar-refractivity contribution >= 4 is 0 Å². The van der Waals surface area contributed by atoms with Gasteiger partial charge in [-0.25, -0.2) is 0 Å². The van der Waals surface area contributed by atoms with Gasteiger partial charge in [-0.15, -0.1) is 0 Å². The third-order valence-electron chi connectivity index (χ3n) is 17.9. The predicted octanol–water partition coefficient (Wildman–Crippen LogP) is 17.1. The van der Waals surface area contributed by atoms with E-state index in [-0.39, 0.29) is 0 Å². The minimum absolute atomic E-state index is 1.29. The molecule has 0 fully saturated rings. The van der Waals surface area contributed by atoms with E-state index >= 15 is 0 Å². The second-order valence-electron chi connectivity index (χ2n) is 24.2. The number of benzene rings is 5. The topological polar surface area (TPSA) is 19.4 Å². The molecule has 0 spiro atoms. The number of hydrogen-bond donors (Lipinski definition) is 0. The Kier molecular flexibility index (Phi) is 22.2. The molecule has 0 unspecified atom stereocenters. The summed E-state index contributed by atoms with van der Waals surface area (Å²) in [5, 5.41) is 0. The SMILES string of the molecule is Cc1cc(C)[n+](C)c(-c2c(C)cccc2C)c1.Cc1cc(C)[n+](C)c(-c2c(C)cccc2C)c1.Cc1cccc(-c2ccc(C)c(C)[n+]2C)c1C.Cc1ccccc1-c1c(C)c(C)cc(C)[n+]1C.Cc1ccccc1-c1c(C)c(C)cc(C)[n+]1C. The lowest BCUT2D eigenvalue weighted by atomic mass is 9.98. The van der Waals surface area contributed by atoms with Gasteiger partial charge in [0, 0.05) is 110 Å². The van der Waals surface area contributed by atoms with Crippen molar-refractivity contribution in [1.82, 2.24) is 0 Å². The Bertz CT molecular complexity index is 3760. The quantitative estimate of drug-likeness (QED) is 0.153. The molecule has 5 aromatic carbocycles. The van der Waals surface area contributed by atoms with Gasteiger partial charge in [-0.3, -0.25) is 0 Å². The van der Waals surface area contributed by atoms with Crippen LogP contribution in [0.15, 0.2) is 152 Å². The summed E-state index contributed by atoms with van der Waals surface area (Å²) in [4.78, 5) is 0. The van der Waals surface area contributed by atoms with E-state index < -0.39 is 0 Å². The second-order valence-corrected chi connectivity index (χ2v) is 24.2. The van der Waals surface area contributed by atoms with Gasteiger partial charge in [-0.05, 0) is 195 Å². The average molecular weight is 1130 g/mol. The largest absolute Gasteiger partial charge is 0.215 e. The van der Waals surface area contributed by atoms with Crippen molar-refractivity contribution in [2.45, 2.75) is 138 Å². The molecule has 0 aliphatic heterocycles. The van der Waals surface area contributed by atoms with Gasteiger partial charge in [-0.2, -0.15) is 22.8 Å². The highest BCUT2D eigenvalue weighted by Gasteiger charge is 2.23. The van der Waals surface area contributed by atoms with E-state index in [1.807, 2.05) is 0 Å². The molecule has 440 valence electrons. The highest BCUT2D eigenvalue weighted by molar-refractivity contribution is 5.69. The smallest absolute Gasteiger partial charge is 0.199 e. The zero-order valence-corrected chi connectivity index (χ0v) is 56.7. The molecule has 85 heavy (non-hydrogen) atoms. The first-order chi connectivity index (χ1) is 40.1. The highest BCUT2D eigenvalue weighted by atomic mass is 15.0. The van der Waals surface area contributed by atoms with E-state index in [4.69, 9.17) is 0 Å². The van der Waals surface area contributed by atoms with E-state index in [1.54, 1.807) is 0 Å². The Labute approximate surface area is 513 Å². The summed E-state index contributed by atoms with van der Waals surface area (Å²) in [6, 6.07) is 54.5. The van der Waals surface area contributed by atoms with Crippen molar-refractivity contribution in [3.63, 3.8) is 0 Å². The first kappa shape index (κ1) is 66.0. The van der Waals surface area contributed by atoms with Crippen LogP contribution in [0.25, 0.3) is 56.3 Å². The van der Waals surface area contributed by atoms with Gasteiger partial charge in [-0.1, -0.05) is 84.9 Å². The first-order valence-electron chi connectivity index (χ1n) is 30.2. The van der Waals surface area contributed by atoms with Crippen molar-refractivity contribution in [2.75, 3.05) is 0 Å². The average Bonchev–Trinajstić information content (AvgIpc) is 3.25. The molecule has 0 saturated carbocycles.